The van der Waals surface area contributed by atoms with Gasteiger partial charge >= 0.3 is 0 Å². The smallest absolute Gasteiger partial charge is 0.225 e. The molecule has 1 amide bonds. The molecule has 2 heterocycles. The number of amides is 1. The average molecular weight is 264 g/mol. The molecule has 0 aromatic carbocycles. The zero-order valence-electron chi connectivity index (χ0n) is 12.5. The van der Waals surface area contributed by atoms with E-state index >= 15 is 0 Å². The minimum Gasteiger partial charge on any atom is -0.342 e. The van der Waals surface area contributed by atoms with Crippen LogP contribution in [0.25, 0.3) is 0 Å². The van der Waals surface area contributed by atoms with E-state index in [1.165, 1.54) is 32.4 Å². The first-order chi connectivity index (χ1) is 9.15. The van der Waals surface area contributed by atoms with E-state index in [1.54, 1.807) is 0 Å². The summed E-state index contributed by atoms with van der Waals surface area (Å²) >= 11 is 0. The van der Waals surface area contributed by atoms with Crippen LogP contribution in [-0.2, 0) is 4.79 Å². The summed E-state index contributed by atoms with van der Waals surface area (Å²) in [6.07, 6.45) is 6.37. The van der Waals surface area contributed by atoms with Crippen LogP contribution in [0.2, 0.25) is 0 Å². The van der Waals surface area contributed by atoms with Gasteiger partial charge in [0.15, 0.2) is 0 Å². The third-order valence-corrected chi connectivity index (χ3v) is 5.53. The predicted octanol–water partition coefficient (Wildman–Crippen LogP) is 2.37. The molecule has 2 aliphatic heterocycles. The number of rotatable bonds is 3. The fourth-order valence-corrected chi connectivity index (χ4v) is 3.74. The molecule has 1 aliphatic carbocycles. The van der Waals surface area contributed by atoms with Gasteiger partial charge in [-0.3, -0.25) is 4.79 Å². The Hall–Kier alpha value is -0.570. The van der Waals surface area contributed by atoms with Crippen LogP contribution in [0.5, 0.6) is 0 Å². The highest BCUT2D eigenvalue weighted by molar-refractivity contribution is 5.80. The van der Waals surface area contributed by atoms with E-state index in [0.29, 0.717) is 11.8 Å². The number of piperidine rings is 1. The fraction of sp³-hybridized carbons (Fsp3) is 0.938. The van der Waals surface area contributed by atoms with Crippen molar-refractivity contribution in [3.63, 3.8) is 0 Å². The van der Waals surface area contributed by atoms with Gasteiger partial charge in [-0.1, -0.05) is 20.3 Å². The zero-order chi connectivity index (χ0) is 13.4. The van der Waals surface area contributed by atoms with E-state index in [1.807, 2.05) is 0 Å². The highest BCUT2D eigenvalue weighted by Gasteiger charge is 2.43. The Bertz CT molecular complexity index is 324. The van der Waals surface area contributed by atoms with Crippen molar-refractivity contribution >= 4 is 5.91 Å². The first-order valence-electron chi connectivity index (χ1n) is 8.18. The molecule has 19 heavy (non-hydrogen) atoms. The van der Waals surface area contributed by atoms with E-state index in [0.717, 1.165) is 43.8 Å². The van der Waals surface area contributed by atoms with Crippen molar-refractivity contribution in [3.8, 4) is 0 Å². The van der Waals surface area contributed by atoms with Crippen molar-refractivity contribution < 1.29 is 4.79 Å². The molecule has 0 bridgehead atoms. The standard InChI is InChI=1S/C16H28N2O/c1-12(2)14-10-18(11-14)16(19)13-8-15(9-13)17-6-4-3-5-7-17/h12-15H,3-11H2,1-2H3. The van der Waals surface area contributed by atoms with Crippen LogP contribution < -0.4 is 0 Å². The lowest BCUT2D eigenvalue weighted by Gasteiger charge is -2.48. The summed E-state index contributed by atoms with van der Waals surface area (Å²) in [5.74, 6) is 2.28. The second-order valence-electron chi connectivity index (χ2n) is 7.17. The molecule has 108 valence electrons. The summed E-state index contributed by atoms with van der Waals surface area (Å²) in [6, 6.07) is 0.719. The molecule has 0 atom stereocenters. The van der Waals surface area contributed by atoms with Crippen LogP contribution in [0.3, 0.4) is 0 Å². The summed E-state index contributed by atoms with van der Waals surface area (Å²) in [5.41, 5.74) is 0. The highest BCUT2D eigenvalue weighted by Crippen LogP contribution is 2.36. The fourth-order valence-electron chi connectivity index (χ4n) is 3.74. The maximum Gasteiger partial charge on any atom is 0.225 e. The molecule has 0 radical (unpaired) electrons. The van der Waals surface area contributed by atoms with Crippen LogP contribution in [0.1, 0.15) is 46.0 Å². The van der Waals surface area contributed by atoms with Crippen molar-refractivity contribution in [2.24, 2.45) is 17.8 Å². The van der Waals surface area contributed by atoms with Gasteiger partial charge < -0.3 is 9.80 Å². The van der Waals surface area contributed by atoms with Gasteiger partial charge in [-0.05, 0) is 50.6 Å². The van der Waals surface area contributed by atoms with Crippen molar-refractivity contribution in [2.75, 3.05) is 26.2 Å². The number of likely N-dealkylation sites (tertiary alicyclic amines) is 2. The molecular weight excluding hydrogens is 236 g/mol. The number of hydrogen-bond donors (Lipinski definition) is 0. The molecule has 3 aliphatic rings. The molecule has 0 aromatic heterocycles. The number of nitrogens with zero attached hydrogens (tertiary/aromatic N) is 2. The number of carbonyl (C=O) groups is 1. The Balaban J connectivity index is 1.40. The van der Waals surface area contributed by atoms with Crippen LogP contribution in [0.15, 0.2) is 0 Å². The van der Waals surface area contributed by atoms with E-state index in [2.05, 4.69) is 23.6 Å². The van der Waals surface area contributed by atoms with Gasteiger partial charge in [0.25, 0.3) is 0 Å². The second kappa shape index (κ2) is 5.43. The Kier molecular flexibility index (Phi) is 3.84. The second-order valence-corrected chi connectivity index (χ2v) is 7.17. The molecule has 0 aromatic rings. The molecule has 0 spiro atoms. The zero-order valence-corrected chi connectivity index (χ0v) is 12.5. The molecule has 2 saturated heterocycles. The van der Waals surface area contributed by atoms with E-state index in [-0.39, 0.29) is 0 Å². The maximum absolute atomic E-state index is 12.3. The van der Waals surface area contributed by atoms with Crippen LogP contribution in [0, 0.1) is 17.8 Å². The van der Waals surface area contributed by atoms with E-state index < -0.39 is 0 Å². The maximum atomic E-state index is 12.3. The van der Waals surface area contributed by atoms with Gasteiger partial charge in [0.2, 0.25) is 5.91 Å². The van der Waals surface area contributed by atoms with Crippen molar-refractivity contribution in [2.45, 2.75) is 52.0 Å². The Labute approximate surface area is 117 Å². The molecule has 3 fully saturated rings. The largest absolute Gasteiger partial charge is 0.342 e. The van der Waals surface area contributed by atoms with Crippen LogP contribution in [-0.4, -0.2) is 47.9 Å². The van der Waals surface area contributed by atoms with Gasteiger partial charge in [-0.2, -0.15) is 0 Å². The summed E-state index contributed by atoms with van der Waals surface area (Å²) in [4.78, 5) is 17.0. The SMILES string of the molecule is CC(C)C1CN(C(=O)C2CC(N3CCCCC3)C2)C1. The van der Waals surface area contributed by atoms with E-state index in [9.17, 15) is 4.79 Å². The van der Waals surface area contributed by atoms with Crippen molar-refractivity contribution in [3.05, 3.63) is 0 Å². The summed E-state index contributed by atoms with van der Waals surface area (Å²) in [6.45, 7) is 9.10. The van der Waals surface area contributed by atoms with Gasteiger partial charge in [0.1, 0.15) is 0 Å². The summed E-state index contributed by atoms with van der Waals surface area (Å²) in [7, 11) is 0. The molecule has 0 unspecified atom stereocenters. The molecular formula is C16H28N2O. The predicted molar refractivity (Wildman–Crippen MR) is 76.8 cm³/mol. The Morgan fingerprint density at radius 2 is 1.68 bits per heavy atom. The Morgan fingerprint density at radius 1 is 1.05 bits per heavy atom. The lowest BCUT2D eigenvalue weighted by molar-refractivity contribution is -0.148. The first-order valence-corrected chi connectivity index (χ1v) is 8.18. The van der Waals surface area contributed by atoms with Crippen molar-refractivity contribution in [1.82, 2.24) is 9.80 Å². The topological polar surface area (TPSA) is 23.6 Å². The average Bonchev–Trinajstić information content (AvgIpc) is 2.25. The minimum absolute atomic E-state index is 0.347. The van der Waals surface area contributed by atoms with Gasteiger partial charge in [0.05, 0.1) is 0 Å². The van der Waals surface area contributed by atoms with Gasteiger partial charge in [-0.15, -0.1) is 0 Å². The van der Waals surface area contributed by atoms with E-state index in [4.69, 9.17) is 0 Å². The Morgan fingerprint density at radius 3 is 2.26 bits per heavy atom. The molecule has 3 heteroatoms. The van der Waals surface area contributed by atoms with Crippen molar-refractivity contribution in [1.29, 1.82) is 0 Å². The number of carbonyl (C=O) groups excluding carboxylic acids is 1. The van der Waals surface area contributed by atoms with Gasteiger partial charge in [0, 0.05) is 25.0 Å². The lowest BCUT2D eigenvalue weighted by Crippen LogP contribution is -2.57. The quantitative estimate of drug-likeness (QED) is 0.781. The first kappa shape index (κ1) is 13.4. The van der Waals surface area contributed by atoms with Gasteiger partial charge in [-0.25, -0.2) is 0 Å². The van der Waals surface area contributed by atoms with Crippen LogP contribution in [0.4, 0.5) is 0 Å². The molecule has 1 saturated carbocycles. The monoisotopic (exact) mass is 264 g/mol. The lowest BCUT2D eigenvalue weighted by atomic mass is 9.76. The minimum atomic E-state index is 0.347. The number of hydrogen-bond acceptors (Lipinski definition) is 2. The third-order valence-electron chi connectivity index (χ3n) is 5.53. The molecule has 3 rings (SSSR count). The molecule has 0 N–H and O–H groups in total. The molecule has 3 nitrogen and oxygen atoms in total. The third kappa shape index (κ3) is 2.67. The highest BCUT2D eigenvalue weighted by atomic mass is 16.2. The normalized spacial score (nSPS) is 33.1. The summed E-state index contributed by atoms with van der Waals surface area (Å²) in [5, 5.41) is 0. The van der Waals surface area contributed by atoms with Crippen LogP contribution >= 0.6 is 0 Å². The summed E-state index contributed by atoms with van der Waals surface area (Å²) < 4.78 is 0.